The molecule has 5 rings (SSSR count). The number of carbonyl (C=O) groups is 1. The highest BCUT2D eigenvalue weighted by Crippen LogP contribution is 2.50. The third kappa shape index (κ3) is 3.11. The van der Waals surface area contributed by atoms with Gasteiger partial charge in [0.1, 0.15) is 5.75 Å². The summed E-state index contributed by atoms with van der Waals surface area (Å²) in [4.78, 5) is 21.4. The summed E-state index contributed by atoms with van der Waals surface area (Å²) in [5.41, 5.74) is 4.50. The van der Waals surface area contributed by atoms with E-state index in [-0.39, 0.29) is 24.0 Å². The maximum atomic E-state index is 12.9. The van der Waals surface area contributed by atoms with Crippen molar-refractivity contribution in [2.45, 2.75) is 31.3 Å². The molecule has 2 aromatic heterocycles. The largest absolute Gasteiger partial charge is 0.497 e. The van der Waals surface area contributed by atoms with E-state index < -0.39 is 0 Å². The molecule has 1 amide bonds. The van der Waals surface area contributed by atoms with E-state index >= 15 is 0 Å². The van der Waals surface area contributed by atoms with Crippen molar-refractivity contribution in [2.24, 2.45) is 7.05 Å². The molecular weight excluding hydrogens is 404 g/mol. The fourth-order valence-corrected chi connectivity index (χ4v) is 5.75. The summed E-state index contributed by atoms with van der Waals surface area (Å²) in [6, 6.07) is 9.95. The highest BCUT2D eigenvalue weighted by Gasteiger charge is 2.53. The van der Waals surface area contributed by atoms with Gasteiger partial charge in [0.15, 0.2) is 0 Å². The zero-order chi connectivity index (χ0) is 22.5. The van der Waals surface area contributed by atoms with Crippen LogP contribution in [0.3, 0.4) is 0 Å². The lowest BCUT2D eigenvalue weighted by Gasteiger charge is -2.56. The normalized spacial score (nSPS) is 19.8. The number of aromatic nitrogens is 2. The number of likely N-dealkylation sites (tertiary alicyclic amines) is 1. The van der Waals surface area contributed by atoms with Crippen LogP contribution in [0, 0.1) is 0 Å². The van der Waals surface area contributed by atoms with Crippen LogP contribution in [0.1, 0.15) is 36.2 Å². The van der Waals surface area contributed by atoms with Crippen molar-refractivity contribution in [2.75, 3.05) is 33.4 Å². The lowest BCUT2D eigenvalue weighted by molar-refractivity contribution is -0.138. The van der Waals surface area contributed by atoms with Crippen LogP contribution in [-0.2, 0) is 23.8 Å². The van der Waals surface area contributed by atoms with Crippen LogP contribution >= 0.6 is 0 Å². The smallest absolute Gasteiger partial charge is 0.222 e. The Morgan fingerprint density at radius 2 is 1.97 bits per heavy atom. The first-order chi connectivity index (χ1) is 15.5. The van der Waals surface area contributed by atoms with Gasteiger partial charge in [-0.05, 0) is 35.4 Å². The topological polar surface area (TPSA) is 70.8 Å². The molecule has 4 heterocycles. The number of ether oxygens (including phenoxy) is 1. The standard InChI is InChI=1S/C25H30N4O3/c1-4-22(31)29-16-25(14-28(15-25)12-17-7-9-26-10-8-17)23-19-6-5-18(32-3)11-20(19)27(2)24(23)21(29)13-30/h5-11,21,30H,4,12-16H2,1-3H3/t21-/m0/s1. The number of methoxy groups -OCH3 is 1. The molecule has 0 radical (unpaired) electrons. The van der Waals surface area contributed by atoms with Gasteiger partial charge in [0, 0.05) is 74.6 Å². The van der Waals surface area contributed by atoms with Gasteiger partial charge in [-0.15, -0.1) is 0 Å². The number of aliphatic hydroxyl groups is 1. The zero-order valence-electron chi connectivity index (χ0n) is 18.9. The summed E-state index contributed by atoms with van der Waals surface area (Å²) in [5.74, 6) is 0.893. The number of amides is 1. The summed E-state index contributed by atoms with van der Waals surface area (Å²) in [6.45, 7) is 5.05. The number of pyridine rings is 1. The average molecular weight is 435 g/mol. The number of aliphatic hydroxyl groups excluding tert-OH is 1. The van der Waals surface area contributed by atoms with Crippen molar-refractivity contribution in [3.63, 3.8) is 0 Å². The number of benzene rings is 1. The third-order valence-corrected chi connectivity index (χ3v) is 7.15. The van der Waals surface area contributed by atoms with Gasteiger partial charge in [0.25, 0.3) is 0 Å². The van der Waals surface area contributed by atoms with E-state index in [0.29, 0.717) is 13.0 Å². The van der Waals surface area contributed by atoms with Gasteiger partial charge in [-0.3, -0.25) is 14.7 Å². The molecule has 1 fully saturated rings. The molecule has 1 atom stereocenters. The summed E-state index contributed by atoms with van der Waals surface area (Å²) in [7, 11) is 3.71. The van der Waals surface area contributed by atoms with Crippen LogP contribution in [0.4, 0.5) is 0 Å². The number of hydrogen-bond donors (Lipinski definition) is 1. The summed E-state index contributed by atoms with van der Waals surface area (Å²) < 4.78 is 7.62. The van der Waals surface area contributed by atoms with E-state index in [4.69, 9.17) is 4.74 Å². The fraction of sp³-hybridized carbons (Fsp3) is 0.440. The van der Waals surface area contributed by atoms with Gasteiger partial charge < -0.3 is 19.3 Å². The van der Waals surface area contributed by atoms with E-state index in [1.807, 2.05) is 37.3 Å². The van der Waals surface area contributed by atoms with Gasteiger partial charge in [-0.25, -0.2) is 0 Å². The van der Waals surface area contributed by atoms with Gasteiger partial charge in [-0.2, -0.15) is 0 Å². The van der Waals surface area contributed by atoms with Crippen LogP contribution in [0.25, 0.3) is 10.9 Å². The number of nitrogens with zero attached hydrogens (tertiary/aromatic N) is 4. The van der Waals surface area contributed by atoms with E-state index in [0.717, 1.165) is 36.6 Å². The van der Waals surface area contributed by atoms with Crippen LogP contribution in [0.5, 0.6) is 5.75 Å². The molecule has 32 heavy (non-hydrogen) atoms. The first-order valence-electron chi connectivity index (χ1n) is 11.2. The fourth-order valence-electron chi connectivity index (χ4n) is 5.75. The molecule has 0 aliphatic carbocycles. The first kappa shape index (κ1) is 21.0. The molecular formula is C25H30N4O3. The van der Waals surface area contributed by atoms with Crippen molar-refractivity contribution in [1.82, 2.24) is 19.4 Å². The third-order valence-electron chi connectivity index (χ3n) is 7.15. The molecule has 1 aromatic carbocycles. The number of carbonyl (C=O) groups excluding carboxylic acids is 1. The van der Waals surface area contributed by atoms with E-state index in [1.54, 1.807) is 7.11 Å². The predicted octanol–water partition coefficient (Wildman–Crippen LogP) is 2.62. The Bertz CT molecular complexity index is 1150. The van der Waals surface area contributed by atoms with Crippen LogP contribution < -0.4 is 4.74 Å². The van der Waals surface area contributed by atoms with Crippen molar-refractivity contribution in [3.05, 3.63) is 59.5 Å². The molecule has 0 bridgehead atoms. The number of rotatable bonds is 5. The molecule has 168 valence electrons. The minimum Gasteiger partial charge on any atom is -0.497 e. The minimum absolute atomic E-state index is 0.0865. The van der Waals surface area contributed by atoms with E-state index in [9.17, 15) is 9.90 Å². The van der Waals surface area contributed by atoms with Crippen LogP contribution in [0.15, 0.2) is 42.7 Å². The Kier molecular flexibility index (Phi) is 5.18. The number of hydrogen-bond acceptors (Lipinski definition) is 5. The molecule has 7 heteroatoms. The quantitative estimate of drug-likeness (QED) is 0.669. The second-order valence-electron chi connectivity index (χ2n) is 9.06. The number of fused-ring (bicyclic) bond motifs is 4. The maximum Gasteiger partial charge on any atom is 0.222 e. The Labute approximate surface area is 188 Å². The second-order valence-corrected chi connectivity index (χ2v) is 9.06. The van der Waals surface area contributed by atoms with Gasteiger partial charge in [0.2, 0.25) is 5.91 Å². The molecule has 0 unspecified atom stereocenters. The Hall–Kier alpha value is -2.90. The van der Waals surface area contributed by atoms with Gasteiger partial charge in [-0.1, -0.05) is 6.92 Å². The first-order valence-corrected chi connectivity index (χ1v) is 11.2. The van der Waals surface area contributed by atoms with E-state index in [1.165, 1.54) is 16.5 Å². The molecule has 0 saturated carbocycles. The monoisotopic (exact) mass is 434 g/mol. The summed E-state index contributed by atoms with van der Waals surface area (Å²) in [5, 5.41) is 11.6. The second kappa shape index (κ2) is 7.90. The zero-order valence-corrected chi connectivity index (χ0v) is 18.9. The molecule has 2 aliphatic heterocycles. The Morgan fingerprint density at radius 3 is 2.62 bits per heavy atom. The van der Waals surface area contributed by atoms with Crippen molar-refractivity contribution < 1.29 is 14.6 Å². The molecule has 3 aromatic rings. The number of aryl methyl sites for hydroxylation is 1. The lowest BCUT2D eigenvalue weighted by Crippen LogP contribution is -2.66. The lowest BCUT2D eigenvalue weighted by atomic mass is 9.68. The van der Waals surface area contributed by atoms with Crippen molar-refractivity contribution >= 4 is 16.8 Å². The summed E-state index contributed by atoms with van der Waals surface area (Å²) >= 11 is 0. The van der Waals surface area contributed by atoms with Gasteiger partial charge in [0.05, 0.1) is 25.3 Å². The highest BCUT2D eigenvalue weighted by molar-refractivity contribution is 5.90. The van der Waals surface area contributed by atoms with Crippen molar-refractivity contribution in [3.8, 4) is 5.75 Å². The molecule has 1 spiro atoms. The summed E-state index contributed by atoms with van der Waals surface area (Å²) in [6.07, 6.45) is 4.09. The Balaban J connectivity index is 1.60. The molecule has 7 nitrogen and oxygen atoms in total. The van der Waals surface area contributed by atoms with E-state index in [2.05, 4.69) is 38.7 Å². The molecule has 1 saturated heterocycles. The SMILES string of the molecule is CCC(=O)N1CC2(CN(Cc3ccncc3)C2)c2c(n(C)c3cc(OC)ccc23)[C@@H]1CO. The minimum atomic E-state index is -0.333. The van der Waals surface area contributed by atoms with Crippen LogP contribution in [0.2, 0.25) is 0 Å². The maximum absolute atomic E-state index is 12.9. The molecule has 2 aliphatic rings. The average Bonchev–Trinajstić information content (AvgIpc) is 3.10. The van der Waals surface area contributed by atoms with Crippen LogP contribution in [-0.4, -0.2) is 63.7 Å². The molecule has 1 N–H and O–H groups in total. The Morgan fingerprint density at radius 1 is 1.22 bits per heavy atom. The van der Waals surface area contributed by atoms with Crippen molar-refractivity contribution in [1.29, 1.82) is 0 Å². The highest BCUT2D eigenvalue weighted by atomic mass is 16.5. The predicted molar refractivity (Wildman–Crippen MR) is 122 cm³/mol. The van der Waals surface area contributed by atoms with Gasteiger partial charge >= 0.3 is 0 Å².